The third-order valence-electron chi connectivity index (χ3n) is 3.44. The standard InChI is InChI=1S/C18H18N2O4/c1-3-14(19-15-6-8-16(9-7-15)20(22)23)12-18(21)13-4-10-17(24-2)11-5-13/h4-12,19H,3H2,1-2H3/b14-12+. The fourth-order valence-electron chi connectivity index (χ4n) is 2.08. The fraction of sp³-hybridized carbons (Fsp3) is 0.167. The number of ether oxygens (including phenoxy) is 1. The molecule has 6 heteroatoms. The van der Waals surface area contributed by atoms with Crippen LogP contribution in [0.25, 0.3) is 0 Å². The number of allylic oxidation sites excluding steroid dienone is 2. The van der Waals surface area contributed by atoms with Crippen molar-refractivity contribution < 1.29 is 14.5 Å². The summed E-state index contributed by atoms with van der Waals surface area (Å²) in [5.74, 6) is 0.569. The van der Waals surface area contributed by atoms with Gasteiger partial charge in [-0.3, -0.25) is 14.9 Å². The maximum atomic E-state index is 12.3. The number of carbonyl (C=O) groups excluding carboxylic acids is 1. The summed E-state index contributed by atoms with van der Waals surface area (Å²) in [6.45, 7) is 1.92. The number of nitro benzene ring substituents is 1. The zero-order chi connectivity index (χ0) is 17.5. The first kappa shape index (κ1) is 17.2. The fourth-order valence-corrected chi connectivity index (χ4v) is 2.08. The molecule has 2 rings (SSSR count). The second-order valence-electron chi connectivity index (χ2n) is 5.04. The maximum absolute atomic E-state index is 12.3. The Labute approximate surface area is 139 Å². The van der Waals surface area contributed by atoms with E-state index in [4.69, 9.17) is 4.74 Å². The van der Waals surface area contributed by atoms with Crippen molar-refractivity contribution in [3.8, 4) is 5.75 Å². The van der Waals surface area contributed by atoms with E-state index >= 15 is 0 Å². The first-order valence-corrected chi connectivity index (χ1v) is 7.44. The molecule has 0 aliphatic heterocycles. The lowest BCUT2D eigenvalue weighted by atomic mass is 10.1. The van der Waals surface area contributed by atoms with Gasteiger partial charge in [-0.05, 0) is 42.8 Å². The van der Waals surface area contributed by atoms with Crippen LogP contribution in [-0.2, 0) is 0 Å². The second-order valence-corrected chi connectivity index (χ2v) is 5.04. The third-order valence-corrected chi connectivity index (χ3v) is 3.44. The number of methoxy groups -OCH3 is 1. The Balaban J connectivity index is 2.12. The summed E-state index contributed by atoms with van der Waals surface area (Å²) < 4.78 is 5.07. The Morgan fingerprint density at radius 2 is 1.79 bits per heavy atom. The lowest BCUT2D eigenvalue weighted by Gasteiger charge is -2.09. The van der Waals surface area contributed by atoms with E-state index in [2.05, 4.69) is 5.32 Å². The van der Waals surface area contributed by atoms with Crippen molar-refractivity contribution in [2.45, 2.75) is 13.3 Å². The monoisotopic (exact) mass is 326 g/mol. The minimum absolute atomic E-state index is 0.0249. The van der Waals surface area contributed by atoms with Crippen molar-refractivity contribution in [3.05, 3.63) is 76.0 Å². The van der Waals surface area contributed by atoms with Gasteiger partial charge in [0.25, 0.3) is 5.69 Å². The maximum Gasteiger partial charge on any atom is 0.269 e. The molecule has 0 aliphatic rings. The molecule has 0 aliphatic carbocycles. The number of anilines is 1. The third kappa shape index (κ3) is 4.42. The molecule has 24 heavy (non-hydrogen) atoms. The highest BCUT2D eigenvalue weighted by atomic mass is 16.6. The number of rotatable bonds is 7. The van der Waals surface area contributed by atoms with Gasteiger partial charge in [0.15, 0.2) is 5.78 Å². The van der Waals surface area contributed by atoms with Gasteiger partial charge >= 0.3 is 0 Å². The van der Waals surface area contributed by atoms with Crippen molar-refractivity contribution in [1.82, 2.24) is 0 Å². The average Bonchev–Trinajstić information content (AvgIpc) is 2.61. The van der Waals surface area contributed by atoms with Crippen LogP contribution in [-0.4, -0.2) is 17.8 Å². The van der Waals surface area contributed by atoms with Gasteiger partial charge in [-0.1, -0.05) is 6.92 Å². The molecule has 0 aromatic heterocycles. The molecule has 2 aromatic rings. The summed E-state index contributed by atoms with van der Waals surface area (Å²) in [6.07, 6.45) is 2.15. The predicted molar refractivity (Wildman–Crippen MR) is 92.4 cm³/mol. The quantitative estimate of drug-likeness (QED) is 0.357. The lowest BCUT2D eigenvalue weighted by Crippen LogP contribution is -2.03. The van der Waals surface area contributed by atoms with Crippen LogP contribution in [0.3, 0.4) is 0 Å². The van der Waals surface area contributed by atoms with E-state index in [9.17, 15) is 14.9 Å². The highest BCUT2D eigenvalue weighted by Crippen LogP contribution is 2.18. The highest BCUT2D eigenvalue weighted by Gasteiger charge is 2.07. The van der Waals surface area contributed by atoms with Crippen molar-refractivity contribution in [2.24, 2.45) is 0 Å². The summed E-state index contributed by atoms with van der Waals surface area (Å²) in [4.78, 5) is 22.5. The van der Waals surface area contributed by atoms with Gasteiger partial charge in [-0.2, -0.15) is 0 Å². The number of nitrogens with one attached hydrogen (secondary N) is 1. The van der Waals surface area contributed by atoms with E-state index < -0.39 is 4.92 Å². The lowest BCUT2D eigenvalue weighted by molar-refractivity contribution is -0.384. The van der Waals surface area contributed by atoms with Gasteiger partial charge in [-0.15, -0.1) is 0 Å². The van der Waals surface area contributed by atoms with Crippen LogP contribution in [0.15, 0.2) is 60.3 Å². The van der Waals surface area contributed by atoms with Crippen LogP contribution in [0, 0.1) is 10.1 Å². The van der Waals surface area contributed by atoms with Gasteiger partial charge < -0.3 is 10.1 Å². The Morgan fingerprint density at radius 1 is 1.17 bits per heavy atom. The van der Waals surface area contributed by atoms with Gasteiger partial charge in [-0.25, -0.2) is 0 Å². The first-order valence-electron chi connectivity index (χ1n) is 7.44. The van der Waals surface area contributed by atoms with Crippen LogP contribution < -0.4 is 10.1 Å². The SMILES string of the molecule is CC/C(=C\C(=O)c1ccc(OC)cc1)Nc1ccc([N+](=O)[O-])cc1. The number of nitrogens with zero attached hydrogens (tertiary/aromatic N) is 1. The topological polar surface area (TPSA) is 81.5 Å². The number of hydrogen-bond donors (Lipinski definition) is 1. The molecule has 0 bridgehead atoms. The number of nitro groups is 1. The van der Waals surface area contributed by atoms with Crippen LogP contribution >= 0.6 is 0 Å². The molecular weight excluding hydrogens is 308 g/mol. The van der Waals surface area contributed by atoms with Crippen molar-refractivity contribution in [1.29, 1.82) is 0 Å². The molecule has 0 unspecified atom stereocenters. The summed E-state index contributed by atoms with van der Waals surface area (Å²) in [5.41, 5.74) is 2.00. The molecular formula is C18H18N2O4. The number of carbonyl (C=O) groups is 1. The Hall–Kier alpha value is -3.15. The van der Waals surface area contributed by atoms with Crippen LogP contribution in [0.5, 0.6) is 5.75 Å². The summed E-state index contributed by atoms with van der Waals surface area (Å²) >= 11 is 0. The minimum atomic E-state index is -0.451. The largest absolute Gasteiger partial charge is 0.497 e. The Morgan fingerprint density at radius 3 is 2.29 bits per heavy atom. The molecule has 0 saturated heterocycles. The van der Waals surface area contributed by atoms with Gasteiger partial charge in [0.2, 0.25) is 0 Å². The highest BCUT2D eigenvalue weighted by molar-refractivity contribution is 6.05. The smallest absolute Gasteiger partial charge is 0.269 e. The molecule has 6 nitrogen and oxygen atoms in total. The molecule has 2 aromatic carbocycles. The summed E-state index contributed by atoms with van der Waals surface area (Å²) in [6, 6.07) is 12.9. The van der Waals surface area contributed by atoms with E-state index in [0.29, 0.717) is 23.4 Å². The Bertz CT molecular complexity index is 750. The molecule has 0 radical (unpaired) electrons. The molecule has 0 fully saturated rings. The predicted octanol–water partition coefficient (Wildman–Crippen LogP) is 4.19. The zero-order valence-corrected chi connectivity index (χ0v) is 13.5. The second kappa shape index (κ2) is 7.92. The van der Waals surface area contributed by atoms with Crippen molar-refractivity contribution in [3.63, 3.8) is 0 Å². The van der Waals surface area contributed by atoms with Crippen molar-refractivity contribution in [2.75, 3.05) is 12.4 Å². The number of non-ortho nitro benzene ring substituents is 1. The normalized spacial score (nSPS) is 11.0. The van der Waals surface area contributed by atoms with E-state index in [0.717, 1.165) is 5.70 Å². The molecule has 0 atom stereocenters. The van der Waals surface area contributed by atoms with Gasteiger partial charge in [0, 0.05) is 35.2 Å². The van der Waals surface area contributed by atoms with E-state index in [1.54, 1.807) is 43.5 Å². The first-order chi connectivity index (χ1) is 11.5. The van der Waals surface area contributed by atoms with Crippen LogP contribution in [0.2, 0.25) is 0 Å². The van der Waals surface area contributed by atoms with Gasteiger partial charge in [0.05, 0.1) is 12.0 Å². The molecule has 124 valence electrons. The summed E-state index contributed by atoms with van der Waals surface area (Å²) in [5, 5.41) is 13.8. The number of benzene rings is 2. The van der Waals surface area contributed by atoms with E-state index in [-0.39, 0.29) is 11.5 Å². The van der Waals surface area contributed by atoms with Gasteiger partial charge in [0.1, 0.15) is 5.75 Å². The summed E-state index contributed by atoms with van der Waals surface area (Å²) in [7, 11) is 1.57. The molecule has 0 amide bonds. The zero-order valence-electron chi connectivity index (χ0n) is 13.5. The number of ketones is 1. The number of hydrogen-bond acceptors (Lipinski definition) is 5. The molecule has 0 spiro atoms. The minimum Gasteiger partial charge on any atom is -0.497 e. The van der Waals surface area contributed by atoms with E-state index in [1.807, 2.05) is 6.92 Å². The van der Waals surface area contributed by atoms with Crippen LogP contribution in [0.4, 0.5) is 11.4 Å². The molecule has 0 saturated carbocycles. The molecule has 1 N–H and O–H groups in total. The molecule has 0 heterocycles. The van der Waals surface area contributed by atoms with E-state index in [1.165, 1.54) is 18.2 Å². The van der Waals surface area contributed by atoms with Crippen LogP contribution in [0.1, 0.15) is 23.7 Å². The average molecular weight is 326 g/mol. The Kier molecular flexibility index (Phi) is 5.68. The van der Waals surface area contributed by atoms with Crippen molar-refractivity contribution >= 4 is 17.2 Å².